The number of nitriles is 1. The van der Waals surface area contributed by atoms with Crippen molar-refractivity contribution in [3.05, 3.63) is 59.2 Å². The highest BCUT2D eigenvalue weighted by molar-refractivity contribution is 6.06. The molecule has 0 spiro atoms. The average Bonchev–Trinajstić information content (AvgIpc) is 2.84. The van der Waals surface area contributed by atoms with Crippen LogP contribution in [0, 0.1) is 11.3 Å². The van der Waals surface area contributed by atoms with Crippen LogP contribution in [-0.4, -0.2) is 28.6 Å². The van der Waals surface area contributed by atoms with Gasteiger partial charge in [0.1, 0.15) is 11.4 Å². The predicted octanol–water partition coefficient (Wildman–Crippen LogP) is 4.65. The van der Waals surface area contributed by atoms with Crippen molar-refractivity contribution < 1.29 is 19.4 Å². The van der Waals surface area contributed by atoms with Crippen LogP contribution in [-0.2, 0) is 9.53 Å². The molecular weight excluding hydrogens is 382 g/mol. The maximum Gasteiger partial charge on any atom is 0.413 e. The fourth-order valence-electron chi connectivity index (χ4n) is 2.95. The summed E-state index contributed by atoms with van der Waals surface area (Å²) in [7, 11) is 0. The number of hydrogen-bond acceptors (Lipinski definition) is 5. The summed E-state index contributed by atoms with van der Waals surface area (Å²) in [4.78, 5) is 28.3. The van der Waals surface area contributed by atoms with E-state index in [0.717, 1.165) is 11.1 Å². The van der Waals surface area contributed by atoms with E-state index >= 15 is 0 Å². The molecule has 1 aliphatic rings. The van der Waals surface area contributed by atoms with E-state index in [1.54, 1.807) is 57.2 Å². The number of rotatable bonds is 2. The van der Waals surface area contributed by atoms with Crippen LogP contribution >= 0.6 is 0 Å². The van der Waals surface area contributed by atoms with E-state index in [1.807, 2.05) is 12.1 Å². The number of amidine groups is 1. The molecule has 0 aliphatic carbocycles. The topological polar surface area (TPSA) is 112 Å². The number of aliphatic imine (C=N–C) groups is 1. The molecule has 2 N–H and O–H groups in total. The van der Waals surface area contributed by atoms with Crippen molar-refractivity contribution in [2.75, 3.05) is 0 Å². The minimum atomic E-state index is -1.09. The zero-order valence-corrected chi connectivity index (χ0v) is 16.9. The molecule has 1 heterocycles. The molecule has 3 rings (SSSR count). The van der Waals surface area contributed by atoms with Crippen LogP contribution in [0.25, 0.3) is 17.2 Å². The van der Waals surface area contributed by atoms with Gasteiger partial charge in [-0.15, -0.1) is 0 Å². The molecule has 2 aromatic carbocycles. The monoisotopic (exact) mass is 403 g/mol. The second-order valence-electron chi connectivity index (χ2n) is 7.80. The van der Waals surface area contributed by atoms with Gasteiger partial charge < -0.3 is 9.84 Å². The Morgan fingerprint density at radius 3 is 2.57 bits per heavy atom. The lowest BCUT2D eigenvalue weighted by atomic mass is 10.00. The van der Waals surface area contributed by atoms with Gasteiger partial charge in [-0.2, -0.15) is 5.26 Å². The van der Waals surface area contributed by atoms with Gasteiger partial charge in [0.2, 0.25) is 0 Å². The standard InChI is InChI=1S/C23H21N3O4/c1-23(2,3)30-22(29)26-20-12-18(21(27)28)10-17-8-7-16(11-19(17)25-20)15-6-4-5-14(9-15)13-24/h4-11H,12H2,1-3H3,(H,27,28)(H,25,26,29). The average molecular weight is 403 g/mol. The Morgan fingerprint density at radius 1 is 1.17 bits per heavy atom. The largest absolute Gasteiger partial charge is 0.478 e. The number of hydrogen-bond donors (Lipinski definition) is 2. The van der Waals surface area contributed by atoms with Crippen molar-refractivity contribution in [2.45, 2.75) is 32.8 Å². The van der Waals surface area contributed by atoms with Crippen molar-refractivity contribution in [1.82, 2.24) is 5.32 Å². The summed E-state index contributed by atoms with van der Waals surface area (Å²) in [5.74, 6) is -0.910. The summed E-state index contributed by atoms with van der Waals surface area (Å²) >= 11 is 0. The molecule has 0 bridgehead atoms. The second-order valence-corrected chi connectivity index (χ2v) is 7.80. The third kappa shape index (κ3) is 5.11. The Bertz CT molecular complexity index is 1120. The van der Waals surface area contributed by atoms with Gasteiger partial charge in [-0.1, -0.05) is 24.3 Å². The first-order valence-corrected chi connectivity index (χ1v) is 9.30. The van der Waals surface area contributed by atoms with Crippen LogP contribution in [0.5, 0.6) is 0 Å². The molecule has 30 heavy (non-hydrogen) atoms. The number of alkyl carbamates (subject to hydrolysis) is 1. The number of fused-ring (bicyclic) bond motifs is 1. The van der Waals surface area contributed by atoms with Crippen molar-refractivity contribution in [3.63, 3.8) is 0 Å². The van der Waals surface area contributed by atoms with Crippen LogP contribution in [0.3, 0.4) is 0 Å². The normalized spacial score (nSPS) is 13.1. The lowest BCUT2D eigenvalue weighted by Crippen LogP contribution is -2.36. The Hall–Kier alpha value is -3.92. The number of nitrogens with zero attached hydrogens (tertiary/aromatic N) is 2. The lowest BCUT2D eigenvalue weighted by molar-refractivity contribution is -0.132. The summed E-state index contributed by atoms with van der Waals surface area (Å²) < 4.78 is 5.26. The van der Waals surface area contributed by atoms with E-state index < -0.39 is 17.7 Å². The zero-order valence-electron chi connectivity index (χ0n) is 16.9. The van der Waals surface area contributed by atoms with Gasteiger partial charge in [0.15, 0.2) is 0 Å². The quantitative estimate of drug-likeness (QED) is 0.758. The maximum atomic E-state index is 12.2. The number of carboxylic acid groups (broad SMARTS) is 1. The van der Waals surface area contributed by atoms with E-state index in [-0.39, 0.29) is 17.8 Å². The number of carboxylic acids is 1. The van der Waals surface area contributed by atoms with Gasteiger partial charge in [0.05, 0.1) is 17.3 Å². The van der Waals surface area contributed by atoms with Crippen molar-refractivity contribution in [1.29, 1.82) is 5.26 Å². The SMILES string of the molecule is CC(C)(C)OC(=O)NC1=Nc2cc(-c3cccc(C#N)c3)ccc2C=C(C(=O)O)C1. The molecule has 0 saturated heterocycles. The number of aliphatic carboxylic acids is 1. The molecule has 1 aliphatic heterocycles. The van der Waals surface area contributed by atoms with E-state index in [4.69, 9.17) is 10.00 Å². The summed E-state index contributed by atoms with van der Waals surface area (Å²) in [6.45, 7) is 5.21. The molecule has 7 heteroatoms. The second kappa shape index (κ2) is 8.21. The molecule has 0 radical (unpaired) electrons. The molecular formula is C23H21N3O4. The van der Waals surface area contributed by atoms with E-state index in [0.29, 0.717) is 16.8 Å². The van der Waals surface area contributed by atoms with Gasteiger partial charge in [0, 0.05) is 17.6 Å². The minimum Gasteiger partial charge on any atom is -0.478 e. The highest BCUT2D eigenvalue weighted by atomic mass is 16.6. The van der Waals surface area contributed by atoms with Crippen molar-refractivity contribution >= 4 is 29.7 Å². The third-order valence-electron chi connectivity index (χ3n) is 4.22. The van der Waals surface area contributed by atoms with Crippen LogP contribution in [0.15, 0.2) is 53.0 Å². The summed E-state index contributed by atoms with van der Waals surface area (Å²) in [5.41, 5.74) is 2.72. The van der Waals surface area contributed by atoms with Crippen LogP contribution < -0.4 is 5.32 Å². The number of ether oxygens (including phenoxy) is 1. The highest BCUT2D eigenvalue weighted by Crippen LogP contribution is 2.32. The molecule has 152 valence electrons. The molecule has 0 saturated carbocycles. The van der Waals surface area contributed by atoms with Gasteiger partial charge >= 0.3 is 12.1 Å². The predicted molar refractivity (Wildman–Crippen MR) is 113 cm³/mol. The first-order chi connectivity index (χ1) is 14.1. The fraction of sp³-hybridized carbons (Fsp3) is 0.217. The van der Waals surface area contributed by atoms with Gasteiger partial charge in [-0.05, 0) is 56.2 Å². The fourth-order valence-corrected chi connectivity index (χ4v) is 2.95. The molecule has 0 unspecified atom stereocenters. The Kier molecular flexibility index (Phi) is 5.70. The number of amides is 1. The zero-order chi connectivity index (χ0) is 21.9. The molecule has 2 aromatic rings. The number of benzene rings is 2. The Labute approximate surface area is 174 Å². The highest BCUT2D eigenvalue weighted by Gasteiger charge is 2.22. The molecule has 0 aromatic heterocycles. The molecule has 7 nitrogen and oxygen atoms in total. The first-order valence-electron chi connectivity index (χ1n) is 9.30. The van der Waals surface area contributed by atoms with E-state index in [2.05, 4.69) is 16.4 Å². The molecule has 0 atom stereocenters. The van der Waals surface area contributed by atoms with Crippen molar-refractivity contribution in [3.8, 4) is 17.2 Å². The van der Waals surface area contributed by atoms with Crippen LogP contribution in [0.1, 0.15) is 38.3 Å². The minimum absolute atomic E-state index is 0.0531. The van der Waals surface area contributed by atoms with Crippen LogP contribution in [0.2, 0.25) is 0 Å². The smallest absolute Gasteiger partial charge is 0.413 e. The van der Waals surface area contributed by atoms with Crippen LogP contribution in [0.4, 0.5) is 10.5 Å². The first kappa shape index (κ1) is 20.8. The molecule has 1 amide bonds. The Morgan fingerprint density at radius 2 is 1.90 bits per heavy atom. The third-order valence-corrected chi connectivity index (χ3v) is 4.22. The van der Waals surface area contributed by atoms with Gasteiger partial charge in [-0.25, -0.2) is 14.6 Å². The maximum absolute atomic E-state index is 12.2. The summed E-state index contributed by atoms with van der Waals surface area (Å²) in [6.07, 6.45) is 0.787. The Balaban J connectivity index is 2.02. The van der Waals surface area contributed by atoms with Crippen molar-refractivity contribution in [2.24, 2.45) is 4.99 Å². The van der Waals surface area contributed by atoms with E-state index in [1.165, 1.54) is 0 Å². The summed E-state index contributed by atoms with van der Waals surface area (Å²) in [6, 6.07) is 14.7. The lowest BCUT2D eigenvalue weighted by Gasteiger charge is -2.20. The van der Waals surface area contributed by atoms with Gasteiger partial charge in [0.25, 0.3) is 0 Å². The number of carbonyl (C=O) groups excluding carboxylic acids is 1. The molecule has 0 fully saturated rings. The number of carbonyl (C=O) groups is 2. The van der Waals surface area contributed by atoms with E-state index in [9.17, 15) is 14.7 Å². The number of nitrogens with one attached hydrogen (secondary N) is 1. The van der Waals surface area contributed by atoms with Gasteiger partial charge in [-0.3, -0.25) is 5.32 Å². The summed E-state index contributed by atoms with van der Waals surface area (Å²) in [5, 5.41) is 21.2.